The number of aldehydes is 1. The van der Waals surface area contributed by atoms with Gasteiger partial charge in [-0.3, -0.25) is 19.1 Å². The van der Waals surface area contributed by atoms with Crippen LogP contribution in [0.4, 0.5) is 8.78 Å². The normalized spacial score (nSPS) is 11.4. The number of hydrogen-bond donors (Lipinski definition) is 2. The topological polar surface area (TPSA) is 115 Å². The van der Waals surface area contributed by atoms with Gasteiger partial charge in [0.25, 0.3) is 5.56 Å². The van der Waals surface area contributed by atoms with Gasteiger partial charge >= 0.3 is 5.97 Å². The number of halogens is 3. The maximum absolute atomic E-state index is 13.9. The predicted molar refractivity (Wildman–Crippen MR) is 101 cm³/mol. The van der Waals surface area contributed by atoms with Gasteiger partial charge in [-0.25, -0.2) is 13.8 Å². The monoisotopic (exact) mass is 437 g/mol. The van der Waals surface area contributed by atoms with E-state index in [0.717, 1.165) is 0 Å². The molecule has 0 aromatic carbocycles. The summed E-state index contributed by atoms with van der Waals surface area (Å²) >= 11 is 6.06. The summed E-state index contributed by atoms with van der Waals surface area (Å²) in [6.45, 7) is 3.16. The largest absolute Gasteiger partial charge is 0.433 e. The number of pyridine rings is 3. The van der Waals surface area contributed by atoms with Gasteiger partial charge in [0.1, 0.15) is 16.5 Å². The lowest BCUT2D eigenvalue weighted by atomic mass is 10.2. The molecule has 0 bridgehead atoms. The number of nitrogens with zero attached hydrogens (tertiary/aromatic N) is 3. The molecule has 0 aliphatic carbocycles. The van der Waals surface area contributed by atoms with Crippen molar-refractivity contribution in [1.29, 1.82) is 0 Å². The van der Waals surface area contributed by atoms with E-state index >= 15 is 0 Å². The Kier molecular flexibility index (Phi) is 5.66. The van der Waals surface area contributed by atoms with E-state index in [1.54, 1.807) is 6.92 Å². The van der Waals surface area contributed by atoms with Crippen LogP contribution in [0.5, 0.6) is 5.75 Å². The molecule has 0 unspecified atom stereocenters. The molecule has 0 radical (unpaired) electrons. The van der Waals surface area contributed by atoms with Crippen LogP contribution >= 0.6 is 11.6 Å². The number of aryl methyl sites for hydroxylation is 2. The van der Waals surface area contributed by atoms with E-state index in [0.29, 0.717) is 29.8 Å². The van der Waals surface area contributed by atoms with Crippen LogP contribution in [0, 0.1) is 25.5 Å². The SMILES string of the molecule is Cc1cnc(C=O)cc1-n1c(C)cc(OC(O)(O)c2ncc(F)cc2F)c(Cl)c1=O. The molecule has 156 valence electrons. The highest BCUT2D eigenvalue weighted by molar-refractivity contribution is 6.31. The maximum Gasteiger partial charge on any atom is 0.372 e. The maximum atomic E-state index is 13.9. The quantitative estimate of drug-likeness (QED) is 0.464. The molecule has 30 heavy (non-hydrogen) atoms. The first-order chi connectivity index (χ1) is 14.0. The van der Waals surface area contributed by atoms with Crippen molar-refractivity contribution in [3.05, 3.63) is 80.2 Å². The Labute approximate surface area is 173 Å². The lowest BCUT2D eigenvalue weighted by Crippen LogP contribution is -2.35. The fraction of sp³-hybridized carbons (Fsp3) is 0.158. The molecule has 2 N–H and O–H groups in total. The second-order valence-corrected chi connectivity index (χ2v) is 6.69. The minimum absolute atomic E-state index is 0.0842. The molecule has 11 heteroatoms. The van der Waals surface area contributed by atoms with Gasteiger partial charge in [0.15, 0.2) is 23.5 Å². The van der Waals surface area contributed by atoms with Crippen molar-refractivity contribution in [2.45, 2.75) is 19.8 Å². The standard InChI is InChI=1S/C19H14ClF2N3O5/c1-9-6-23-12(8-26)5-14(9)25-10(2)3-15(16(20)18(25)27)30-19(28,29)17-13(22)4-11(21)7-24-17/h3-8,28-29H,1-2H3. The molecule has 0 saturated heterocycles. The zero-order valence-corrected chi connectivity index (χ0v) is 16.3. The summed E-state index contributed by atoms with van der Waals surface area (Å²) in [4.78, 5) is 31.0. The Morgan fingerprint density at radius 3 is 2.50 bits per heavy atom. The number of carbonyl (C=O) groups is 1. The van der Waals surface area contributed by atoms with Crippen molar-refractivity contribution in [3.8, 4) is 11.4 Å². The van der Waals surface area contributed by atoms with Crippen molar-refractivity contribution in [2.24, 2.45) is 0 Å². The lowest BCUT2D eigenvalue weighted by molar-refractivity contribution is -0.308. The molecule has 0 amide bonds. The third-order valence-corrected chi connectivity index (χ3v) is 4.47. The molecule has 0 saturated carbocycles. The van der Waals surface area contributed by atoms with Crippen molar-refractivity contribution >= 4 is 17.9 Å². The first kappa shape index (κ1) is 21.5. The van der Waals surface area contributed by atoms with Gasteiger partial charge < -0.3 is 14.9 Å². The van der Waals surface area contributed by atoms with Crippen molar-refractivity contribution < 1.29 is 28.5 Å². The van der Waals surface area contributed by atoms with Gasteiger partial charge in [0.2, 0.25) is 0 Å². The van der Waals surface area contributed by atoms with E-state index in [1.165, 1.54) is 29.8 Å². The first-order valence-electron chi connectivity index (χ1n) is 8.34. The summed E-state index contributed by atoms with van der Waals surface area (Å²) < 4.78 is 33.0. The van der Waals surface area contributed by atoms with Gasteiger partial charge in [-0.05, 0) is 25.5 Å². The van der Waals surface area contributed by atoms with Crippen LogP contribution in [0.1, 0.15) is 27.4 Å². The van der Waals surface area contributed by atoms with Crippen LogP contribution in [0.15, 0.2) is 35.4 Å². The van der Waals surface area contributed by atoms with Crippen LogP contribution in [-0.4, -0.2) is 31.0 Å². The summed E-state index contributed by atoms with van der Waals surface area (Å²) in [5.41, 5.74) is -0.612. The number of rotatable bonds is 5. The lowest BCUT2D eigenvalue weighted by Gasteiger charge is -2.24. The minimum atomic E-state index is -3.34. The molecule has 3 rings (SSSR count). The molecular formula is C19H14ClF2N3O5. The Balaban J connectivity index is 2.09. The Morgan fingerprint density at radius 2 is 1.87 bits per heavy atom. The number of aliphatic hydroxyl groups is 2. The molecule has 0 aliphatic rings. The van der Waals surface area contributed by atoms with Crippen molar-refractivity contribution in [2.75, 3.05) is 0 Å². The molecular weight excluding hydrogens is 424 g/mol. The molecule has 8 nitrogen and oxygen atoms in total. The summed E-state index contributed by atoms with van der Waals surface area (Å²) in [6, 6.07) is 2.97. The third-order valence-electron chi connectivity index (χ3n) is 4.13. The van der Waals surface area contributed by atoms with E-state index < -0.39 is 39.6 Å². The van der Waals surface area contributed by atoms with E-state index in [-0.39, 0.29) is 11.4 Å². The highest BCUT2D eigenvalue weighted by Gasteiger charge is 2.36. The predicted octanol–water partition coefficient (Wildman–Crippen LogP) is 2.16. The molecule has 0 atom stereocenters. The number of aromatic nitrogens is 3. The van der Waals surface area contributed by atoms with Crippen LogP contribution in [0.25, 0.3) is 5.69 Å². The molecule has 0 fully saturated rings. The minimum Gasteiger partial charge on any atom is -0.433 e. The number of hydrogen-bond acceptors (Lipinski definition) is 7. The highest BCUT2D eigenvalue weighted by atomic mass is 35.5. The molecule has 0 spiro atoms. The van der Waals surface area contributed by atoms with E-state index in [4.69, 9.17) is 16.3 Å². The van der Waals surface area contributed by atoms with Crippen molar-refractivity contribution in [1.82, 2.24) is 14.5 Å². The fourth-order valence-electron chi connectivity index (χ4n) is 2.74. The average molecular weight is 438 g/mol. The van der Waals surface area contributed by atoms with E-state index in [9.17, 15) is 28.6 Å². The van der Waals surface area contributed by atoms with Crippen LogP contribution in [0.2, 0.25) is 5.02 Å². The Morgan fingerprint density at radius 1 is 1.17 bits per heavy atom. The number of carbonyl (C=O) groups excluding carboxylic acids is 1. The highest BCUT2D eigenvalue weighted by Crippen LogP contribution is 2.30. The van der Waals surface area contributed by atoms with E-state index in [2.05, 4.69) is 9.97 Å². The van der Waals surface area contributed by atoms with Gasteiger partial charge in [-0.1, -0.05) is 11.6 Å². The second kappa shape index (κ2) is 7.90. The summed E-state index contributed by atoms with van der Waals surface area (Å²) in [7, 11) is 0. The van der Waals surface area contributed by atoms with Crippen molar-refractivity contribution in [3.63, 3.8) is 0 Å². The zero-order chi connectivity index (χ0) is 22.2. The van der Waals surface area contributed by atoms with Gasteiger partial charge in [0, 0.05) is 24.0 Å². The van der Waals surface area contributed by atoms with Crippen LogP contribution < -0.4 is 10.3 Å². The molecule has 0 aliphatic heterocycles. The van der Waals surface area contributed by atoms with Gasteiger partial charge in [0.05, 0.1) is 11.9 Å². The fourth-order valence-corrected chi connectivity index (χ4v) is 2.92. The molecule has 3 aromatic rings. The average Bonchev–Trinajstić information content (AvgIpc) is 2.66. The zero-order valence-electron chi connectivity index (χ0n) is 15.6. The van der Waals surface area contributed by atoms with Crippen LogP contribution in [0.3, 0.4) is 0 Å². The first-order valence-corrected chi connectivity index (χ1v) is 8.72. The van der Waals surface area contributed by atoms with Crippen LogP contribution in [-0.2, 0) is 5.97 Å². The summed E-state index contributed by atoms with van der Waals surface area (Å²) in [5, 5.41) is 19.7. The van der Waals surface area contributed by atoms with Gasteiger partial charge in [-0.15, -0.1) is 0 Å². The number of ether oxygens (including phenoxy) is 1. The Hall–Kier alpha value is -3.21. The molecule has 3 aromatic heterocycles. The second-order valence-electron chi connectivity index (χ2n) is 6.31. The molecule has 3 heterocycles. The summed E-state index contributed by atoms with van der Waals surface area (Å²) in [6.07, 6.45) is 2.47. The summed E-state index contributed by atoms with van der Waals surface area (Å²) in [5.74, 6) is -6.24. The van der Waals surface area contributed by atoms with Gasteiger partial charge in [-0.2, -0.15) is 0 Å². The smallest absolute Gasteiger partial charge is 0.372 e. The third kappa shape index (κ3) is 3.92. The Bertz CT molecular complexity index is 1210. The van der Waals surface area contributed by atoms with E-state index in [1.807, 2.05) is 0 Å².